The molecule has 2 aromatic heterocycles. The first kappa shape index (κ1) is 11.2. The van der Waals surface area contributed by atoms with Crippen LogP contribution in [0.25, 0.3) is 11.6 Å². The third-order valence-corrected chi connectivity index (χ3v) is 6.09. The summed E-state index contributed by atoms with van der Waals surface area (Å²) in [4.78, 5) is 7.11. The van der Waals surface area contributed by atoms with E-state index in [-0.39, 0.29) is 0 Å². The highest BCUT2D eigenvalue weighted by Gasteiger charge is 2.27. The summed E-state index contributed by atoms with van der Waals surface area (Å²) in [5, 5.41) is 0.799. The monoisotopic (exact) mass is 238 g/mol. The minimum absolute atomic E-state index is 0.608. The first-order valence-corrected chi connectivity index (χ1v) is 7.45. The molecule has 0 unspecified atom stereocenters. The van der Waals surface area contributed by atoms with E-state index in [2.05, 4.69) is 9.97 Å². The van der Waals surface area contributed by atoms with E-state index in [0.717, 1.165) is 5.30 Å². The van der Waals surface area contributed by atoms with Crippen LogP contribution >= 0.6 is 7.14 Å². The Kier molecular flexibility index (Phi) is 3.01. The average Bonchev–Trinajstić information content (AvgIpc) is 2.97. The molecule has 2 heterocycles. The summed E-state index contributed by atoms with van der Waals surface area (Å²) in [7, 11) is -2.32. The van der Waals surface area contributed by atoms with E-state index in [0.29, 0.717) is 23.9 Å². The van der Waals surface area contributed by atoms with Gasteiger partial charge in [0.15, 0.2) is 11.6 Å². The first-order chi connectivity index (χ1) is 7.71. The number of hydrogen-bond acceptors (Lipinski definition) is 3. The van der Waals surface area contributed by atoms with Crippen LogP contribution in [-0.4, -0.2) is 22.3 Å². The molecule has 4 nitrogen and oxygen atoms in total. The molecule has 2 aromatic rings. The van der Waals surface area contributed by atoms with Gasteiger partial charge in [-0.2, -0.15) is 0 Å². The number of imidazole rings is 1. The maximum Gasteiger partial charge on any atom is 0.179 e. The van der Waals surface area contributed by atoms with Crippen LogP contribution in [-0.2, 0) is 4.57 Å². The Morgan fingerprint density at radius 3 is 2.75 bits per heavy atom. The van der Waals surface area contributed by atoms with Crippen LogP contribution in [0.2, 0.25) is 0 Å². The molecule has 0 atom stereocenters. The zero-order valence-corrected chi connectivity index (χ0v) is 10.3. The van der Waals surface area contributed by atoms with Crippen molar-refractivity contribution in [3.8, 4) is 11.6 Å². The molecule has 0 saturated heterocycles. The second kappa shape index (κ2) is 4.30. The summed E-state index contributed by atoms with van der Waals surface area (Å²) in [5.41, 5.74) is 0. The van der Waals surface area contributed by atoms with Crippen molar-refractivity contribution in [2.75, 3.05) is 12.3 Å². The van der Waals surface area contributed by atoms with Crippen molar-refractivity contribution in [1.82, 2.24) is 9.97 Å². The molecular weight excluding hydrogens is 223 g/mol. The molecule has 0 radical (unpaired) electrons. The summed E-state index contributed by atoms with van der Waals surface area (Å²) in [6.45, 7) is 3.90. The molecule has 0 aliphatic heterocycles. The van der Waals surface area contributed by atoms with E-state index in [1.807, 2.05) is 13.8 Å². The van der Waals surface area contributed by atoms with Gasteiger partial charge in [0.2, 0.25) is 0 Å². The molecular formula is C11H15N2O2P. The lowest BCUT2D eigenvalue weighted by atomic mass is 10.4. The zero-order valence-electron chi connectivity index (χ0n) is 9.43. The second-order valence-electron chi connectivity index (χ2n) is 3.59. The summed E-state index contributed by atoms with van der Waals surface area (Å²) < 4.78 is 18.0. The van der Waals surface area contributed by atoms with Crippen LogP contribution < -0.4 is 5.30 Å². The van der Waals surface area contributed by atoms with Crippen LogP contribution in [0.4, 0.5) is 0 Å². The predicted octanol–water partition coefficient (Wildman–Crippen LogP) is 2.70. The average molecular weight is 238 g/mol. The molecule has 0 aliphatic carbocycles. The van der Waals surface area contributed by atoms with Gasteiger partial charge in [-0.25, -0.2) is 4.98 Å². The molecule has 0 spiro atoms. The van der Waals surface area contributed by atoms with Crippen LogP contribution in [0.3, 0.4) is 0 Å². The van der Waals surface area contributed by atoms with Crippen molar-refractivity contribution in [2.24, 2.45) is 0 Å². The first-order valence-electron chi connectivity index (χ1n) is 5.37. The molecule has 86 valence electrons. The van der Waals surface area contributed by atoms with Crippen molar-refractivity contribution in [2.45, 2.75) is 13.8 Å². The number of H-pyrrole nitrogens is 1. The van der Waals surface area contributed by atoms with Gasteiger partial charge in [0.25, 0.3) is 0 Å². The third kappa shape index (κ3) is 1.74. The van der Waals surface area contributed by atoms with Crippen molar-refractivity contribution in [1.29, 1.82) is 0 Å². The van der Waals surface area contributed by atoms with Gasteiger partial charge < -0.3 is 14.0 Å². The van der Waals surface area contributed by atoms with Gasteiger partial charge >= 0.3 is 0 Å². The Morgan fingerprint density at radius 2 is 2.19 bits per heavy atom. The van der Waals surface area contributed by atoms with Gasteiger partial charge in [0.05, 0.1) is 11.6 Å². The summed E-state index contributed by atoms with van der Waals surface area (Å²) >= 11 is 0. The normalized spacial score (nSPS) is 11.9. The number of rotatable bonds is 4. The summed E-state index contributed by atoms with van der Waals surface area (Å²) in [6, 6.07) is 1.80. The minimum Gasteiger partial charge on any atom is -0.460 e. The van der Waals surface area contributed by atoms with Crippen molar-refractivity contribution < 1.29 is 8.98 Å². The summed E-state index contributed by atoms with van der Waals surface area (Å²) in [5.74, 6) is 1.25. The fraction of sp³-hybridized carbons (Fsp3) is 0.364. The number of nitrogens with one attached hydrogen (secondary N) is 1. The Hall–Kier alpha value is -1.28. The maximum atomic E-state index is 12.6. The molecule has 1 N–H and O–H groups in total. The van der Waals surface area contributed by atoms with E-state index in [1.165, 1.54) is 0 Å². The largest absolute Gasteiger partial charge is 0.460 e. The van der Waals surface area contributed by atoms with Gasteiger partial charge in [0.1, 0.15) is 7.14 Å². The summed E-state index contributed by atoms with van der Waals surface area (Å²) in [6.07, 6.45) is 6.26. The fourth-order valence-corrected chi connectivity index (χ4v) is 3.74. The number of hydrogen-bond donors (Lipinski definition) is 1. The van der Waals surface area contributed by atoms with Gasteiger partial charge in [-0.1, -0.05) is 13.8 Å². The number of aromatic nitrogens is 2. The van der Waals surface area contributed by atoms with Crippen LogP contribution in [0, 0.1) is 0 Å². The molecule has 0 fully saturated rings. The van der Waals surface area contributed by atoms with Crippen LogP contribution in [0.1, 0.15) is 13.8 Å². The van der Waals surface area contributed by atoms with E-state index < -0.39 is 7.14 Å². The van der Waals surface area contributed by atoms with E-state index in [1.54, 1.807) is 24.7 Å². The molecule has 5 heteroatoms. The Bertz CT molecular complexity index is 494. The molecule has 0 aliphatic rings. The smallest absolute Gasteiger partial charge is 0.179 e. The second-order valence-corrected chi connectivity index (χ2v) is 7.12. The third-order valence-electron chi connectivity index (χ3n) is 2.82. The van der Waals surface area contributed by atoms with E-state index in [4.69, 9.17) is 4.42 Å². The van der Waals surface area contributed by atoms with E-state index >= 15 is 0 Å². The van der Waals surface area contributed by atoms with Gasteiger partial charge in [-0.3, -0.25) is 0 Å². The Labute approximate surface area is 94.5 Å². The lowest BCUT2D eigenvalue weighted by Gasteiger charge is -2.13. The van der Waals surface area contributed by atoms with Crippen LogP contribution in [0.15, 0.2) is 29.1 Å². The highest BCUT2D eigenvalue weighted by Crippen LogP contribution is 2.46. The molecule has 16 heavy (non-hydrogen) atoms. The topological polar surface area (TPSA) is 58.9 Å². The quantitative estimate of drug-likeness (QED) is 0.833. The van der Waals surface area contributed by atoms with Crippen molar-refractivity contribution >= 4 is 12.4 Å². The van der Waals surface area contributed by atoms with Gasteiger partial charge in [-0.15, -0.1) is 0 Å². The molecule has 0 bridgehead atoms. The van der Waals surface area contributed by atoms with E-state index in [9.17, 15) is 4.57 Å². The van der Waals surface area contributed by atoms with Crippen molar-refractivity contribution in [3.05, 3.63) is 24.7 Å². The number of nitrogens with zero attached hydrogens (tertiary/aromatic N) is 1. The van der Waals surface area contributed by atoms with Crippen molar-refractivity contribution in [3.63, 3.8) is 0 Å². The minimum atomic E-state index is -2.32. The lowest BCUT2D eigenvalue weighted by molar-refractivity contribution is 0.575. The maximum absolute atomic E-state index is 12.6. The Morgan fingerprint density at radius 1 is 1.44 bits per heavy atom. The zero-order chi connectivity index (χ0) is 11.6. The molecule has 2 rings (SSSR count). The molecule has 0 saturated carbocycles. The fourth-order valence-electron chi connectivity index (χ4n) is 1.75. The SMILES string of the molecule is CCP(=O)(CC)c1ccoc1-c1ncc[nH]1. The van der Waals surface area contributed by atoms with Crippen LogP contribution in [0.5, 0.6) is 0 Å². The molecule has 0 aromatic carbocycles. The predicted molar refractivity (Wildman–Crippen MR) is 64.6 cm³/mol. The number of furan rings is 1. The van der Waals surface area contributed by atoms with Gasteiger partial charge in [0, 0.05) is 24.7 Å². The highest BCUT2D eigenvalue weighted by molar-refractivity contribution is 7.71. The standard InChI is InChI=1S/C11H15N2O2P/c1-3-16(14,4-2)9-5-8-15-10(9)11-12-6-7-13-11/h5-8H,3-4H2,1-2H3,(H,12,13). The molecule has 0 amide bonds. The lowest BCUT2D eigenvalue weighted by Crippen LogP contribution is -2.09. The number of aromatic amines is 1. The van der Waals surface area contributed by atoms with Gasteiger partial charge in [-0.05, 0) is 6.07 Å². The highest BCUT2D eigenvalue weighted by atomic mass is 31.2. The Balaban J connectivity index is 2.52.